The van der Waals surface area contributed by atoms with E-state index >= 15 is 0 Å². The van der Waals surface area contributed by atoms with Crippen LogP contribution in [-0.4, -0.2) is 53.4 Å². The van der Waals surface area contributed by atoms with Crippen molar-refractivity contribution in [2.24, 2.45) is 11.6 Å². The van der Waals surface area contributed by atoms with E-state index in [4.69, 9.17) is 11.6 Å². The number of nitrogens with zero attached hydrogens (tertiary/aromatic N) is 6. The first kappa shape index (κ1) is 13.6. The highest BCUT2D eigenvalue weighted by Gasteiger charge is 2.13. The van der Waals surface area contributed by atoms with Gasteiger partial charge in [-0.05, 0) is 0 Å². The lowest BCUT2D eigenvalue weighted by atomic mass is 10.3. The summed E-state index contributed by atoms with van der Waals surface area (Å²) in [4.78, 5) is 26.4. The number of nitrogens with one attached hydrogen (secondary N) is 2. The van der Waals surface area contributed by atoms with E-state index in [1.54, 1.807) is 0 Å². The molecule has 2 rings (SSSR count). The second-order valence-electron chi connectivity index (χ2n) is 3.57. The zero-order valence-electron chi connectivity index (χ0n) is 10.1. The van der Waals surface area contributed by atoms with Gasteiger partial charge in [0.1, 0.15) is 18.8 Å². The Hall–Kier alpha value is -2.86. The van der Waals surface area contributed by atoms with Gasteiger partial charge in [-0.15, -0.1) is 0 Å². The standard InChI is InChI=1S/C8H12N10O2/c9-5(20)4(19)1-12-6-14-7(17-10)16-8(15-6)18-3-11-2-13-18/h2-4,19H,1,10H2,(H2,9,20)(H2,12,14,15,16,17). The van der Waals surface area contributed by atoms with Crippen molar-refractivity contribution >= 4 is 17.8 Å². The van der Waals surface area contributed by atoms with Crippen LogP contribution in [0.1, 0.15) is 0 Å². The molecule has 0 fully saturated rings. The van der Waals surface area contributed by atoms with Crippen molar-refractivity contribution in [2.75, 3.05) is 17.3 Å². The van der Waals surface area contributed by atoms with Gasteiger partial charge in [0.15, 0.2) is 0 Å². The number of primary amides is 1. The summed E-state index contributed by atoms with van der Waals surface area (Å²) in [6.07, 6.45) is 1.33. The maximum atomic E-state index is 10.7. The molecular formula is C8H12N10O2. The first-order valence-electron chi connectivity index (χ1n) is 5.39. The number of hydrazine groups is 1. The van der Waals surface area contributed by atoms with Crippen molar-refractivity contribution < 1.29 is 9.90 Å². The minimum atomic E-state index is -1.36. The second-order valence-corrected chi connectivity index (χ2v) is 3.57. The van der Waals surface area contributed by atoms with E-state index in [1.807, 2.05) is 0 Å². The number of aromatic nitrogens is 6. The molecular weight excluding hydrogens is 268 g/mol. The Morgan fingerprint density at radius 3 is 2.75 bits per heavy atom. The first-order chi connectivity index (χ1) is 9.60. The molecule has 2 heterocycles. The summed E-state index contributed by atoms with van der Waals surface area (Å²) in [7, 11) is 0. The number of carbonyl (C=O) groups is 1. The predicted molar refractivity (Wildman–Crippen MR) is 66.2 cm³/mol. The molecule has 0 aliphatic rings. The zero-order chi connectivity index (χ0) is 14.5. The van der Waals surface area contributed by atoms with Gasteiger partial charge in [-0.25, -0.2) is 10.8 Å². The van der Waals surface area contributed by atoms with Crippen LogP contribution in [0.3, 0.4) is 0 Å². The van der Waals surface area contributed by atoms with Crippen molar-refractivity contribution in [3.8, 4) is 5.95 Å². The Bertz CT molecular complexity index is 585. The number of aliphatic hydroxyl groups excluding tert-OH is 1. The number of aliphatic hydroxyl groups is 1. The van der Waals surface area contributed by atoms with E-state index < -0.39 is 12.0 Å². The molecule has 1 atom stereocenters. The van der Waals surface area contributed by atoms with Gasteiger partial charge in [-0.3, -0.25) is 10.2 Å². The third kappa shape index (κ3) is 3.12. The Labute approximate surface area is 112 Å². The van der Waals surface area contributed by atoms with Gasteiger partial charge in [-0.1, -0.05) is 0 Å². The van der Waals surface area contributed by atoms with Crippen molar-refractivity contribution in [3.63, 3.8) is 0 Å². The maximum Gasteiger partial charge on any atom is 0.258 e. The van der Waals surface area contributed by atoms with Crippen molar-refractivity contribution in [1.82, 2.24) is 29.7 Å². The summed E-state index contributed by atoms with van der Waals surface area (Å²) in [6, 6.07) is 0. The summed E-state index contributed by atoms with van der Waals surface area (Å²) in [6.45, 7) is -0.153. The van der Waals surface area contributed by atoms with E-state index in [-0.39, 0.29) is 24.4 Å². The Morgan fingerprint density at radius 2 is 2.15 bits per heavy atom. The first-order valence-corrected chi connectivity index (χ1v) is 5.39. The highest BCUT2D eigenvalue weighted by molar-refractivity contribution is 5.79. The average Bonchev–Trinajstić information content (AvgIpc) is 2.98. The van der Waals surface area contributed by atoms with E-state index in [2.05, 4.69) is 35.8 Å². The molecule has 0 aliphatic carbocycles. The number of hydrogen-bond acceptors (Lipinski definition) is 10. The largest absolute Gasteiger partial charge is 0.381 e. The smallest absolute Gasteiger partial charge is 0.258 e. The van der Waals surface area contributed by atoms with Crippen LogP contribution in [-0.2, 0) is 4.79 Å². The van der Waals surface area contributed by atoms with Gasteiger partial charge in [0.2, 0.25) is 17.8 Å². The van der Waals surface area contributed by atoms with Gasteiger partial charge >= 0.3 is 0 Å². The predicted octanol–water partition coefficient (Wildman–Crippen LogP) is -3.00. The number of carbonyl (C=O) groups excluding carboxylic acids is 1. The minimum Gasteiger partial charge on any atom is -0.381 e. The van der Waals surface area contributed by atoms with Gasteiger partial charge in [-0.2, -0.15) is 24.7 Å². The molecule has 0 radical (unpaired) electrons. The molecule has 0 saturated carbocycles. The summed E-state index contributed by atoms with van der Waals surface area (Å²) >= 11 is 0. The maximum absolute atomic E-state index is 10.7. The number of amides is 1. The van der Waals surface area contributed by atoms with Crippen molar-refractivity contribution in [1.29, 1.82) is 0 Å². The highest BCUT2D eigenvalue weighted by atomic mass is 16.3. The number of hydrogen-bond donors (Lipinski definition) is 5. The van der Waals surface area contributed by atoms with Gasteiger partial charge in [0, 0.05) is 0 Å². The fourth-order valence-electron chi connectivity index (χ4n) is 1.21. The van der Waals surface area contributed by atoms with Crippen LogP contribution in [0.4, 0.5) is 11.9 Å². The van der Waals surface area contributed by atoms with Crippen LogP contribution in [0.15, 0.2) is 12.7 Å². The Morgan fingerprint density at radius 1 is 1.40 bits per heavy atom. The van der Waals surface area contributed by atoms with Crippen LogP contribution in [0.25, 0.3) is 5.95 Å². The quantitative estimate of drug-likeness (QED) is 0.270. The third-order valence-corrected chi connectivity index (χ3v) is 2.16. The fourth-order valence-corrected chi connectivity index (χ4v) is 1.21. The molecule has 1 amide bonds. The van der Waals surface area contributed by atoms with E-state index in [0.717, 1.165) is 0 Å². The summed E-state index contributed by atoms with van der Waals surface area (Å²) in [5.74, 6) is 4.69. The molecule has 12 nitrogen and oxygen atoms in total. The molecule has 12 heteroatoms. The lowest BCUT2D eigenvalue weighted by molar-refractivity contribution is -0.125. The molecule has 0 spiro atoms. The van der Waals surface area contributed by atoms with Gasteiger partial charge in [0.25, 0.3) is 5.95 Å². The lowest BCUT2D eigenvalue weighted by Gasteiger charge is -2.10. The lowest BCUT2D eigenvalue weighted by Crippen LogP contribution is -2.34. The molecule has 2 aromatic heterocycles. The Balaban J connectivity index is 2.20. The molecule has 0 aliphatic heterocycles. The van der Waals surface area contributed by atoms with Gasteiger partial charge in [0.05, 0.1) is 6.54 Å². The minimum absolute atomic E-state index is 0.0709. The molecule has 2 aromatic rings. The van der Waals surface area contributed by atoms with Crippen LogP contribution < -0.4 is 22.3 Å². The third-order valence-electron chi connectivity index (χ3n) is 2.16. The van der Waals surface area contributed by atoms with Crippen LogP contribution in [0.5, 0.6) is 0 Å². The topological polar surface area (TPSA) is 183 Å². The normalized spacial score (nSPS) is 11.9. The van der Waals surface area contributed by atoms with E-state index in [1.165, 1.54) is 17.3 Å². The summed E-state index contributed by atoms with van der Waals surface area (Å²) in [5.41, 5.74) is 7.19. The molecule has 20 heavy (non-hydrogen) atoms. The molecule has 106 valence electrons. The number of nitrogens with two attached hydrogens (primary N) is 2. The number of rotatable bonds is 6. The Kier molecular flexibility index (Phi) is 3.97. The SMILES string of the molecule is NNc1nc(NCC(O)C(N)=O)nc(-n2cncn2)n1. The van der Waals surface area contributed by atoms with Crippen LogP contribution in [0.2, 0.25) is 0 Å². The van der Waals surface area contributed by atoms with Crippen LogP contribution in [0, 0.1) is 0 Å². The van der Waals surface area contributed by atoms with Gasteiger partial charge < -0.3 is 16.2 Å². The zero-order valence-corrected chi connectivity index (χ0v) is 10.1. The molecule has 0 saturated heterocycles. The molecule has 0 bridgehead atoms. The highest BCUT2D eigenvalue weighted by Crippen LogP contribution is 2.07. The van der Waals surface area contributed by atoms with Crippen molar-refractivity contribution in [2.45, 2.75) is 6.10 Å². The fraction of sp³-hybridized carbons (Fsp3) is 0.250. The monoisotopic (exact) mass is 280 g/mol. The average molecular weight is 280 g/mol. The number of anilines is 2. The second kappa shape index (κ2) is 5.85. The van der Waals surface area contributed by atoms with E-state index in [0.29, 0.717) is 0 Å². The molecule has 7 N–H and O–H groups in total. The molecule has 0 aromatic carbocycles. The van der Waals surface area contributed by atoms with Crippen LogP contribution >= 0.6 is 0 Å². The summed E-state index contributed by atoms with van der Waals surface area (Å²) < 4.78 is 1.29. The molecule has 1 unspecified atom stereocenters. The number of nitrogen functional groups attached to an aromatic ring is 1. The van der Waals surface area contributed by atoms with E-state index in [9.17, 15) is 9.90 Å². The van der Waals surface area contributed by atoms with Crippen molar-refractivity contribution in [3.05, 3.63) is 12.7 Å². The summed E-state index contributed by atoms with van der Waals surface area (Å²) in [5, 5.41) is 15.8.